The number of hydrogen-bond donors (Lipinski definition) is 0. The summed E-state index contributed by atoms with van der Waals surface area (Å²) in [5.74, 6) is -0.706. The zero-order valence-corrected chi connectivity index (χ0v) is 7.36. The van der Waals surface area contributed by atoms with Crippen molar-refractivity contribution in [1.82, 2.24) is 0 Å². The second-order valence-electron chi connectivity index (χ2n) is 2.82. The van der Waals surface area contributed by atoms with E-state index in [-0.39, 0.29) is 36.6 Å². The van der Waals surface area contributed by atoms with Crippen molar-refractivity contribution in [3.8, 4) is 0 Å². The van der Waals surface area contributed by atoms with E-state index in [0.717, 1.165) is 0 Å². The largest absolute Gasteiger partial charge is 0.402 e. The van der Waals surface area contributed by atoms with Crippen LogP contribution in [0.3, 0.4) is 0 Å². The van der Waals surface area contributed by atoms with Gasteiger partial charge in [0.25, 0.3) is 11.8 Å². The third-order valence-electron chi connectivity index (χ3n) is 1.75. The van der Waals surface area contributed by atoms with Gasteiger partial charge < -0.3 is 9.47 Å². The van der Waals surface area contributed by atoms with Crippen molar-refractivity contribution in [2.24, 2.45) is 9.98 Å². The van der Waals surface area contributed by atoms with E-state index in [2.05, 4.69) is 9.98 Å². The second-order valence-corrected chi connectivity index (χ2v) is 2.82. The molecule has 0 amide bonds. The Bertz CT molecular complexity index is 311. The molecule has 0 fully saturated rings. The lowest BCUT2D eigenvalue weighted by molar-refractivity contribution is -0.138. The SMILES string of the molecule is O=C1CCN=C(C2=NCCC(=O)O2)O1. The minimum Gasteiger partial charge on any atom is -0.402 e. The van der Waals surface area contributed by atoms with Crippen molar-refractivity contribution in [1.29, 1.82) is 0 Å². The van der Waals surface area contributed by atoms with Crippen molar-refractivity contribution < 1.29 is 19.1 Å². The highest BCUT2D eigenvalue weighted by atomic mass is 16.6. The van der Waals surface area contributed by atoms with Crippen LogP contribution in [-0.4, -0.2) is 36.8 Å². The molecule has 14 heavy (non-hydrogen) atoms. The Labute approximate surface area is 79.6 Å². The van der Waals surface area contributed by atoms with Crippen molar-refractivity contribution in [3.05, 3.63) is 0 Å². The predicted molar refractivity (Wildman–Crippen MR) is 46.0 cm³/mol. The molecule has 2 aliphatic rings. The molecular weight excluding hydrogens is 188 g/mol. The van der Waals surface area contributed by atoms with Crippen LogP contribution in [0.1, 0.15) is 12.8 Å². The quantitative estimate of drug-likeness (QED) is 0.538. The molecule has 0 aromatic heterocycles. The van der Waals surface area contributed by atoms with Crippen molar-refractivity contribution in [3.63, 3.8) is 0 Å². The van der Waals surface area contributed by atoms with E-state index in [4.69, 9.17) is 9.47 Å². The number of carbonyl (C=O) groups excluding carboxylic acids is 2. The molecule has 0 aromatic carbocycles. The fourth-order valence-electron chi connectivity index (χ4n) is 1.10. The molecule has 0 bridgehead atoms. The number of nitrogens with zero attached hydrogens (tertiary/aromatic N) is 2. The van der Waals surface area contributed by atoms with E-state index in [9.17, 15) is 9.59 Å². The molecule has 6 heteroatoms. The minimum absolute atomic E-state index is 0.0225. The topological polar surface area (TPSA) is 77.3 Å². The summed E-state index contributed by atoms with van der Waals surface area (Å²) in [5, 5.41) is 0. The number of esters is 2. The summed E-state index contributed by atoms with van der Waals surface area (Å²) < 4.78 is 9.55. The molecule has 0 saturated heterocycles. The Morgan fingerprint density at radius 2 is 1.29 bits per heavy atom. The summed E-state index contributed by atoms with van der Waals surface area (Å²) in [6.45, 7) is 0.704. The van der Waals surface area contributed by atoms with Gasteiger partial charge in [-0.15, -0.1) is 0 Å². The smallest absolute Gasteiger partial charge is 0.314 e. The van der Waals surface area contributed by atoms with Gasteiger partial charge in [0, 0.05) is 0 Å². The van der Waals surface area contributed by atoms with Crippen LogP contribution < -0.4 is 0 Å². The summed E-state index contributed by atoms with van der Waals surface area (Å²) in [4.78, 5) is 29.6. The van der Waals surface area contributed by atoms with E-state index in [1.807, 2.05) is 0 Å². The van der Waals surface area contributed by atoms with Gasteiger partial charge in [-0.05, 0) is 0 Å². The Balaban J connectivity index is 2.14. The third kappa shape index (κ3) is 1.78. The number of rotatable bonds is 1. The van der Waals surface area contributed by atoms with Crippen LogP contribution in [-0.2, 0) is 19.1 Å². The molecule has 0 aliphatic carbocycles. The molecule has 6 nitrogen and oxygen atoms in total. The van der Waals surface area contributed by atoms with Gasteiger partial charge in [-0.25, -0.2) is 9.98 Å². The van der Waals surface area contributed by atoms with Gasteiger partial charge >= 0.3 is 11.9 Å². The van der Waals surface area contributed by atoms with Gasteiger partial charge in [0.05, 0.1) is 25.9 Å². The average molecular weight is 196 g/mol. The lowest BCUT2D eigenvalue weighted by Gasteiger charge is -2.15. The van der Waals surface area contributed by atoms with Crippen LogP contribution in [0, 0.1) is 0 Å². The number of hydrogen-bond acceptors (Lipinski definition) is 6. The summed E-state index contributed by atoms with van der Waals surface area (Å²) in [7, 11) is 0. The predicted octanol–water partition coefficient (Wildman–Crippen LogP) is -0.323. The molecule has 0 atom stereocenters. The number of cyclic esters (lactones) is 2. The van der Waals surface area contributed by atoms with Crippen molar-refractivity contribution in [2.45, 2.75) is 12.8 Å². The van der Waals surface area contributed by atoms with Crippen LogP contribution in [0.15, 0.2) is 9.98 Å². The molecule has 0 spiro atoms. The zero-order valence-electron chi connectivity index (χ0n) is 7.36. The van der Waals surface area contributed by atoms with Crippen LogP contribution in [0.25, 0.3) is 0 Å². The van der Waals surface area contributed by atoms with Crippen LogP contribution in [0.2, 0.25) is 0 Å². The molecule has 2 heterocycles. The number of ether oxygens (including phenoxy) is 2. The number of carbonyl (C=O) groups is 2. The van der Waals surface area contributed by atoms with E-state index >= 15 is 0 Å². The zero-order chi connectivity index (χ0) is 9.97. The summed E-state index contributed by atoms with van der Waals surface area (Å²) in [5.41, 5.74) is 0. The maximum Gasteiger partial charge on any atom is 0.314 e. The number of aliphatic imine (C=N–C) groups is 2. The minimum atomic E-state index is -0.376. The summed E-state index contributed by atoms with van der Waals surface area (Å²) in [6, 6.07) is 0. The summed E-state index contributed by atoms with van der Waals surface area (Å²) in [6.07, 6.45) is 0.509. The molecule has 0 aromatic rings. The lowest BCUT2D eigenvalue weighted by Crippen LogP contribution is -2.32. The van der Waals surface area contributed by atoms with Gasteiger partial charge in [0.1, 0.15) is 0 Å². The molecular formula is C8H8N2O4. The first-order chi connectivity index (χ1) is 6.75. The first kappa shape index (κ1) is 8.86. The Morgan fingerprint density at radius 3 is 1.64 bits per heavy atom. The lowest BCUT2D eigenvalue weighted by atomic mass is 10.3. The highest BCUT2D eigenvalue weighted by molar-refractivity contribution is 6.39. The molecule has 0 N–H and O–H groups in total. The molecule has 74 valence electrons. The molecule has 0 radical (unpaired) electrons. The van der Waals surface area contributed by atoms with Gasteiger partial charge in [-0.1, -0.05) is 0 Å². The Morgan fingerprint density at radius 1 is 0.857 bits per heavy atom. The molecule has 0 saturated carbocycles. The van der Waals surface area contributed by atoms with Crippen LogP contribution >= 0.6 is 0 Å². The van der Waals surface area contributed by atoms with E-state index < -0.39 is 0 Å². The maximum absolute atomic E-state index is 10.9. The van der Waals surface area contributed by atoms with E-state index in [1.165, 1.54) is 0 Å². The van der Waals surface area contributed by atoms with Gasteiger partial charge in [0.15, 0.2) is 0 Å². The Hall–Kier alpha value is -1.72. The van der Waals surface area contributed by atoms with Crippen LogP contribution in [0.4, 0.5) is 0 Å². The fraction of sp³-hybridized carbons (Fsp3) is 0.500. The fourth-order valence-corrected chi connectivity index (χ4v) is 1.10. The normalized spacial score (nSPS) is 22.0. The average Bonchev–Trinajstić information content (AvgIpc) is 2.18. The molecule has 2 rings (SSSR count). The first-order valence-corrected chi connectivity index (χ1v) is 4.26. The monoisotopic (exact) mass is 196 g/mol. The molecule has 0 unspecified atom stereocenters. The maximum atomic E-state index is 10.9. The van der Waals surface area contributed by atoms with Gasteiger partial charge in [0.2, 0.25) is 0 Å². The van der Waals surface area contributed by atoms with Crippen LogP contribution in [0.5, 0.6) is 0 Å². The van der Waals surface area contributed by atoms with Gasteiger partial charge in [-0.3, -0.25) is 9.59 Å². The van der Waals surface area contributed by atoms with E-state index in [1.54, 1.807) is 0 Å². The van der Waals surface area contributed by atoms with Crippen molar-refractivity contribution >= 4 is 23.7 Å². The highest BCUT2D eigenvalue weighted by Gasteiger charge is 2.25. The second kappa shape index (κ2) is 3.57. The molecule has 2 aliphatic heterocycles. The Kier molecular flexibility index (Phi) is 2.26. The first-order valence-electron chi connectivity index (χ1n) is 4.26. The highest BCUT2D eigenvalue weighted by Crippen LogP contribution is 2.06. The van der Waals surface area contributed by atoms with Crippen molar-refractivity contribution in [2.75, 3.05) is 13.1 Å². The standard InChI is InChI=1S/C8H8N2O4/c11-5-1-3-9-7(13-5)8-10-4-2-6(12)14-8/h1-4H2. The third-order valence-corrected chi connectivity index (χ3v) is 1.75. The summed E-state index contributed by atoms with van der Waals surface area (Å²) >= 11 is 0. The van der Waals surface area contributed by atoms with E-state index in [0.29, 0.717) is 13.1 Å². The van der Waals surface area contributed by atoms with Gasteiger partial charge in [-0.2, -0.15) is 0 Å².